The van der Waals surface area contributed by atoms with E-state index in [4.69, 9.17) is 7.74 Å². The van der Waals surface area contributed by atoms with Gasteiger partial charge in [0.15, 0.2) is 0 Å². The zero-order valence-electron chi connectivity index (χ0n) is 7.72. The maximum atomic E-state index is 5.69. The van der Waals surface area contributed by atoms with Gasteiger partial charge in [0, 0.05) is 7.74 Å². The molecule has 0 aliphatic carbocycles. The van der Waals surface area contributed by atoms with E-state index in [1.54, 1.807) is 0 Å². The summed E-state index contributed by atoms with van der Waals surface area (Å²) in [4.78, 5) is 0. The van der Waals surface area contributed by atoms with Gasteiger partial charge in [-0.15, -0.1) is 0 Å². The third-order valence-electron chi connectivity index (χ3n) is 2.36. The van der Waals surface area contributed by atoms with E-state index >= 15 is 0 Å². The molecule has 0 N–H and O–H groups in total. The van der Waals surface area contributed by atoms with Gasteiger partial charge in [0.05, 0.1) is 6.60 Å². The Hall–Kier alpha value is 0.130. The molecular weight excluding hydrogens is 118 g/mol. The molecule has 2 radical (unpaired) electrons. The smallest absolute Gasteiger partial charge is 0.0874 e. The lowest BCUT2D eigenvalue weighted by molar-refractivity contribution is 0.406. The summed E-state index contributed by atoms with van der Waals surface area (Å²) in [6.07, 6.45) is 2.43. The topological polar surface area (TPSA) is 0 Å². The zero-order chi connectivity index (χ0) is 8.15. The molecule has 0 nitrogen and oxygen atoms in total. The van der Waals surface area contributed by atoms with Crippen LogP contribution in [0.2, 0.25) is 13.1 Å². The molecule has 0 aromatic rings. The van der Waals surface area contributed by atoms with E-state index in [9.17, 15) is 0 Å². The average Bonchev–Trinajstić information content (AvgIpc) is 1.85. The molecule has 0 aromatic heterocycles. The fourth-order valence-corrected chi connectivity index (χ4v) is 1.22. The lowest BCUT2D eigenvalue weighted by Crippen LogP contribution is -2.16. The van der Waals surface area contributed by atoms with E-state index < -0.39 is 0 Å². The Morgan fingerprint density at radius 1 is 1.30 bits per heavy atom. The third-order valence-corrected chi connectivity index (χ3v) is 2.36. The number of rotatable bonds is 4. The monoisotopic (exact) mass is 136 g/mol. The van der Waals surface area contributed by atoms with Crippen LogP contribution >= 0.6 is 0 Å². The van der Waals surface area contributed by atoms with Gasteiger partial charge in [-0.25, -0.2) is 0 Å². The van der Waals surface area contributed by atoms with Crippen LogP contribution < -0.4 is 0 Å². The minimum absolute atomic E-state index is 0.365. The van der Waals surface area contributed by atoms with Crippen LogP contribution in [0, 0.1) is 11.8 Å². The molecule has 0 aliphatic rings. The predicted molar refractivity (Wildman–Crippen MR) is 50.8 cm³/mol. The van der Waals surface area contributed by atoms with E-state index in [1.165, 1.54) is 6.42 Å². The van der Waals surface area contributed by atoms with Crippen molar-refractivity contribution >= 4 is 14.3 Å². The van der Waals surface area contributed by atoms with Gasteiger partial charge in [0.2, 0.25) is 0 Å². The fourth-order valence-electron chi connectivity index (χ4n) is 1.22. The first-order valence-corrected chi connectivity index (χ1v) is 4.33. The standard InChI is InChI=1S/C8H18B2/c1-5-7(2)8(3)6-10(4)9/h7-8H,5-6H2,1-4H3. The van der Waals surface area contributed by atoms with Gasteiger partial charge in [-0.3, -0.25) is 0 Å². The van der Waals surface area contributed by atoms with Crippen molar-refractivity contribution in [3.8, 4) is 0 Å². The summed E-state index contributed by atoms with van der Waals surface area (Å²) in [5.74, 6) is 1.61. The highest BCUT2D eigenvalue weighted by atomic mass is 14.1. The summed E-state index contributed by atoms with van der Waals surface area (Å²) in [6.45, 7) is 9.27. The van der Waals surface area contributed by atoms with E-state index in [1.807, 2.05) is 0 Å². The van der Waals surface area contributed by atoms with Gasteiger partial charge in [-0.1, -0.05) is 40.3 Å². The van der Waals surface area contributed by atoms with Crippen LogP contribution in [0.3, 0.4) is 0 Å². The highest BCUT2D eigenvalue weighted by Gasteiger charge is 2.11. The maximum absolute atomic E-state index is 5.69. The van der Waals surface area contributed by atoms with Crippen molar-refractivity contribution in [3.63, 3.8) is 0 Å². The Balaban J connectivity index is 3.50. The van der Waals surface area contributed by atoms with Crippen molar-refractivity contribution in [1.29, 1.82) is 0 Å². The summed E-state index contributed by atoms with van der Waals surface area (Å²) in [7, 11) is 5.69. The lowest BCUT2D eigenvalue weighted by atomic mass is 9.31. The summed E-state index contributed by atoms with van der Waals surface area (Å²) in [5.41, 5.74) is 0. The molecule has 2 atom stereocenters. The van der Waals surface area contributed by atoms with Crippen LogP contribution in [0.5, 0.6) is 0 Å². The van der Waals surface area contributed by atoms with Gasteiger partial charge in [0.25, 0.3) is 0 Å². The maximum Gasteiger partial charge on any atom is 0.0874 e. The molecule has 0 bridgehead atoms. The van der Waals surface area contributed by atoms with Gasteiger partial charge in [-0.2, -0.15) is 0 Å². The second kappa shape index (κ2) is 4.87. The molecule has 10 heavy (non-hydrogen) atoms. The zero-order valence-corrected chi connectivity index (χ0v) is 7.72. The second-order valence-corrected chi connectivity index (χ2v) is 3.58. The summed E-state index contributed by atoms with van der Waals surface area (Å²) >= 11 is 0. The minimum Gasteiger partial charge on any atom is -0.0934 e. The van der Waals surface area contributed by atoms with Gasteiger partial charge in [0.1, 0.15) is 0 Å². The molecule has 0 aliphatic heterocycles. The Kier molecular flexibility index (Phi) is 4.93. The second-order valence-electron chi connectivity index (χ2n) is 3.58. The average molecular weight is 136 g/mol. The summed E-state index contributed by atoms with van der Waals surface area (Å²) in [6, 6.07) is 0. The van der Waals surface area contributed by atoms with E-state index in [0.717, 1.165) is 18.2 Å². The normalized spacial score (nSPS) is 16.4. The largest absolute Gasteiger partial charge is 0.0934 e. The van der Waals surface area contributed by atoms with Crippen molar-refractivity contribution in [1.82, 2.24) is 0 Å². The van der Waals surface area contributed by atoms with E-state index in [-0.39, 0.29) is 0 Å². The molecule has 0 spiro atoms. The Morgan fingerprint density at radius 3 is 2.10 bits per heavy atom. The SMILES string of the molecule is [B]B(C)CC(C)C(C)CC. The van der Waals surface area contributed by atoms with Crippen molar-refractivity contribution < 1.29 is 0 Å². The first kappa shape index (κ1) is 10.1. The third kappa shape index (κ3) is 4.03. The van der Waals surface area contributed by atoms with E-state index in [2.05, 4.69) is 27.6 Å². The Morgan fingerprint density at radius 2 is 1.80 bits per heavy atom. The highest BCUT2D eigenvalue weighted by Crippen LogP contribution is 2.19. The molecule has 56 valence electrons. The summed E-state index contributed by atoms with van der Waals surface area (Å²) in [5, 5.41) is 0. The van der Waals surface area contributed by atoms with Gasteiger partial charge >= 0.3 is 0 Å². The molecule has 0 amide bonds. The number of hydrogen-bond donors (Lipinski definition) is 0. The van der Waals surface area contributed by atoms with Crippen LogP contribution in [0.15, 0.2) is 0 Å². The molecule has 2 unspecified atom stereocenters. The Bertz CT molecular complexity index is 81.3. The molecule has 0 saturated heterocycles. The van der Waals surface area contributed by atoms with E-state index in [0.29, 0.717) is 6.60 Å². The van der Waals surface area contributed by atoms with Gasteiger partial charge < -0.3 is 0 Å². The van der Waals surface area contributed by atoms with Crippen LogP contribution in [-0.2, 0) is 0 Å². The molecule has 0 fully saturated rings. The minimum atomic E-state index is 0.365. The van der Waals surface area contributed by atoms with Crippen LogP contribution in [-0.4, -0.2) is 14.3 Å². The van der Waals surface area contributed by atoms with Crippen molar-refractivity contribution in [2.24, 2.45) is 11.8 Å². The molecular formula is C8H18B2. The van der Waals surface area contributed by atoms with Crippen LogP contribution in [0.4, 0.5) is 0 Å². The lowest BCUT2D eigenvalue weighted by Gasteiger charge is -2.19. The molecule has 0 saturated carbocycles. The highest BCUT2D eigenvalue weighted by molar-refractivity contribution is 7.02. The van der Waals surface area contributed by atoms with Crippen LogP contribution in [0.1, 0.15) is 27.2 Å². The van der Waals surface area contributed by atoms with Gasteiger partial charge in [-0.05, 0) is 11.8 Å². The number of hydrogen-bond acceptors (Lipinski definition) is 0. The first-order valence-electron chi connectivity index (χ1n) is 4.33. The summed E-state index contributed by atoms with van der Waals surface area (Å²) < 4.78 is 0. The first-order chi connectivity index (χ1) is 4.57. The molecule has 0 aromatic carbocycles. The van der Waals surface area contributed by atoms with Crippen molar-refractivity contribution in [2.75, 3.05) is 0 Å². The predicted octanol–water partition coefficient (Wildman–Crippen LogP) is 2.46. The molecule has 2 heteroatoms. The van der Waals surface area contributed by atoms with Crippen molar-refractivity contribution in [3.05, 3.63) is 0 Å². The van der Waals surface area contributed by atoms with Crippen molar-refractivity contribution in [2.45, 2.75) is 40.3 Å². The molecule has 0 rings (SSSR count). The molecule has 0 heterocycles. The quantitative estimate of drug-likeness (QED) is 0.520. The fraction of sp³-hybridized carbons (Fsp3) is 1.00. The van der Waals surface area contributed by atoms with Crippen LogP contribution in [0.25, 0.3) is 0 Å². The Labute approximate surface area is 67.3 Å².